The van der Waals surface area contributed by atoms with Gasteiger partial charge in [-0.2, -0.15) is 0 Å². The minimum absolute atomic E-state index is 0.0303. The van der Waals surface area contributed by atoms with Crippen LogP contribution in [0.1, 0.15) is 62.9 Å². The molecular formula is C16H26N4O. The van der Waals surface area contributed by atoms with Crippen LogP contribution in [-0.2, 0) is 0 Å². The number of nitrogens with one attached hydrogen (secondary N) is 1. The van der Waals surface area contributed by atoms with Crippen molar-refractivity contribution in [3.05, 3.63) is 18.1 Å². The minimum atomic E-state index is 0.0303. The predicted octanol–water partition coefficient (Wildman–Crippen LogP) is 3.09. The first-order valence-electron chi connectivity index (χ1n) is 8.13. The number of aromatic nitrogens is 2. The van der Waals surface area contributed by atoms with Crippen LogP contribution < -0.4 is 5.32 Å². The summed E-state index contributed by atoms with van der Waals surface area (Å²) < 4.78 is 0. The summed E-state index contributed by atoms with van der Waals surface area (Å²) in [5, 5.41) is 3.17. The van der Waals surface area contributed by atoms with Gasteiger partial charge in [0, 0.05) is 19.1 Å². The van der Waals surface area contributed by atoms with E-state index in [4.69, 9.17) is 0 Å². The molecule has 0 aromatic carbocycles. The fraction of sp³-hybridized carbons (Fsp3) is 0.688. The van der Waals surface area contributed by atoms with Crippen LogP contribution in [0.5, 0.6) is 0 Å². The van der Waals surface area contributed by atoms with Crippen molar-refractivity contribution < 1.29 is 4.79 Å². The Morgan fingerprint density at radius 1 is 1.29 bits per heavy atom. The summed E-state index contributed by atoms with van der Waals surface area (Å²) in [6, 6.07) is 0.371. The van der Waals surface area contributed by atoms with Gasteiger partial charge in [0.1, 0.15) is 11.5 Å². The fourth-order valence-corrected chi connectivity index (χ4v) is 2.83. The molecule has 0 spiro atoms. The highest BCUT2D eigenvalue weighted by atomic mass is 16.2. The van der Waals surface area contributed by atoms with E-state index < -0.39 is 0 Å². The van der Waals surface area contributed by atoms with E-state index in [1.807, 2.05) is 4.90 Å². The summed E-state index contributed by atoms with van der Waals surface area (Å²) in [5.74, 6) is 0.764. The summed E-state index contributed by atoms with van der Waals surface area (Å²) in [6.45, 7) is 5.99. The molecule has 1 fully saturated rings. The van der Waals surface area contributed by atoms with E-state index in [1.165, 1.54) is 6.42 Å². The van der Waals surface area contributed by atoms with E-state index in [9.17, 15) is 4.79 Å². The summed E-state index contributed by atoms with van der Waals surface area (Å²) in [7, 11) is 0. The van der Waals surface area contributed by atoms with Crippen LogP contribution in [0, 0.1) is 0 Å². The molecule has 1 aromatic heterocycles. The number of hydrogen-bond donors (Lipinski definition) is 1. The number of hydrogen-bond acceptors (Lipinski definition) is 4. The molecule has 1 aromatic rings. The molecule has 2 heterocycles. The second-order valence-corrected chi connectivity index (χ2v) is 5.65. The Bertz CT molecular complexity index is 444. The number of rotatable bonds is 6. The van der Waals surface area contributed by atoms with E-state index in [2.05, 4.69) is 29.1 Å². The maximum Gasteiger partial charge on any atom is 0.274 e. The molecule has 0 aliphatic carbocycles. The number of piperidine rings is 1. The smallest absolute Gasteiger partial charge is 0.274 e. The summed E-state index contributed by atoms with van der Waals surface area (Å²) in [4.78, 5) is 23.2. The molecule has 5 nitrogen and oxygen atoms in total. The Morgan fingerprint density at radius 2 is 2.14 bits per heavy atom. The second-order valence-electron chi connectivity index (χ2n) is 5.65. The molecule has 0 radical (unpaired) electrons. The quantitative estimate of drug-likeness (QED) is 0.874. The van der Waals surface area contributed by atoms with E-state index in [-0.39, 0.29) is 5.91 Å². The van der Waals surface area contributed by atoms with Gasteiger partial charge in [-0.15, -0.1) is 0 Å². The number of amides is 1. The van der Waals surface area contributed by atoms with Crippen molar-refractivity contribution in [2.24, 2.45) is 0 Å². The maximum absolute atomic E-state index is 12.6. The zero-order chi connectivity index (χ0) is 15.1. The normalized spacial score (nSPS) is 18.6. The van der Waals surface area contributed by atoms with E-state index >= 15 is 0 Å². The van der Waals surface area contributed by atoms with Gasteiger partial charge in [-0.1, -0.05) is 20.3 Å². The largest absolute Gasteiger partial charge is 0.369 e. The van der Waals surface area contributed by atoms with Gasteiger partial charge >= 0.3 is 0 Å². The average molecular weight is 290 g/mol. The SMILES string of the molecule is CCCNc1cnc(C(=O)N2CCCCC2CCC)cn1. The van der Waals surface area contributed by atoms with Crippen molar-refractivity contribution >= 4 is 11.7 Å². The highest BCUT2D eigenvalue weighted by Crippen LogP contribution is 2.22. The van der Waals surface area contributed by atoms with E-state index in [0.717, 1.165) is 51.0 Å². The monoisotopic (exact) mass is 290 g/mol. The number of likely N-dealkylation sites (tertiary alicyclic amines) is 1. The Kier molecular flexibility index (Phi) is 5.96. The minimum Gasteiger partial charge on any atom is -0.369 e. The molecule has 5 heteroatoms. The molecule has 21 heavy (non-hydrogen) atoms. The molecule has 0 bridgehead atoms. The van der Waals surface area contributed by atoms with Crippen molar-refractivity contribution in [2.45, 2.75) is 58.4 Å². The third kappa shape index (κ3) is 4.16. The van der Waals surface area contributed by atoms with Crippen LogP contribution in [0.25, 0.3) is 0 Å². The first-order valence-corrected chi connectivity index (χ1v) is 8.13. The molecule has 1 aliphatic heterocycles. The fourth-order valence-electron chi connectivity index (χ4n) is 2.83. The summed E-state index contributed by atoms with van der Waals surface area (Å²) >= 11 is 0. The highest BCUT2D eigenvalue weighted by Gasteiger charge is 2.27. The topological polar surface area (TPSA) is 58.1 Å². The molecule has 1 aliphatic rings. The Morgan fingerprint density at radius 3 is 2.81 bits per heavy atom. The molecule has 1 unspecified atom stereocenters. The molecule has 1 amide bonds. The molecule has 1 N–H and O–H groups in total. The number of carbonyl (C=O) groups excluding carboxylic acids is 1. The Labute approximate surface area is 127 Å². The van der Waals surface area contributed by atoms with Crippen molar-refractivity contribution in [1.29, 1.82) is 0 Å². The predicted molar refractivity (Wildman–Crippen MR) is 84.4 cm³/mol. The van der Waals surface area contributed by atoms with Crippen molar-refractivity contribution in [3.63, 3.8) is 0 Å². The third-order valence-electron chi connectivity index (χ3n) is 3.94. The summed E-state index contributed by atoms with van der Waals surface area (Å²) in [6.07, 6.45) is 9.91. The van der Waals surface area contributed by atoms with Crippen LogP contribution in [0.3, 0.4) is 0 Å². The number of anilines is 1. The van der Waals surface area contributed by atoms with E-state index in [1.54, 1.807) is 12.4 Å². The van der Waals surface area contributed by atoms with Gasteiger partial charge in [-0.3, -0.25) is 4.79 Å². The van der Waals surface area contributed by atoms with Gasteiger partial charge in [0.25, 0.3) is 5.91 Å². The molecule has 0 saturated carbocycles. The highest BCUT2D eigenvalue weighted by molar-refractivity contribution is 5.92. The lowest BCUT2D eigenvalue weighted by Crippen LogP contribution is -2.44. The van der Waals surface area contributed by atoms with Crippen LogP contribution in [0.2, 0.25) is 0 Å². The van der Waals surface area contributed by atoms with Gasteiger partial charge in [0.2, 0.25) is 0 Å². The lowest BCUT2D eigenvalue weighted by molar-refractivity contribution is 0.0594. The molecule has 116 valence electrons. The van der Waals surface area contributed by atoms with Gasteiger partial charge < -0.3 is 10.2 Å². The maximum atomic E-state index is 12.6. The van der Waals surface area contributed by atoms with E-state index in [0.29, 0.717) is 11.7 Å². The lowest BCUT2D eigenvalue weighted by atomic mass is 9.98. The zero-order valence-corrected chi connectivity index (χ0v) is 13.1. The Hall–Kier alpha value is -1.65. The van der Waals surface area contributed by atoms with Crippen molar-refractivity contribution in [3.8, 4) is 0 Å². The first kappa shape index (κ1) is 15.7. The summed E-state index contributed by atoms with van der Waals surface area (Å²) in [5.41, 5.74) is 0.458. The van der Waals surface area contributed by atoms with Crippen molar-refractivity contribution in [2.75, 3.05) is 18.4 Å². The standard InChI is InChI=1S/C16H26N4O/c1-3-7-13-8-5-6-10-20(13)16(21)14-11-19-15(12-18-14)17-9-4-2/h11-13H,3-10H2,1-2H3,(H,17,19). The van der Waals surface area contributed by atoms with Gasteiger partial charge in [0.15, 0.2) is 0 Å². The lowest BCUT2D eigenvalue weighted by Gasteiger charge is -2.35. The first-order chi connectivity index (χ1) is 10.3. The number of nitrogens with zero attached hydrogens (tertiary/aromatic N) is 3. The van der Waals surface area contributed by atoms with Crippen LogP contribution in [-0.4, -0.2) is 39.9 Å². The molecule has 1 saturated heterocycles. The van der Waals surface area contributed by atoms with Gasteiger partial charge in [0.05, 0.1) is 12.4 Å². The van der Waals surface area contributed by atoms with Crippen LogP contribution >= 0.6 is 0 Å². The number of carbonyl (C=O) groups is 1. The third-order valence-corrected chi connectivity index (χ3v) is 3.94. The van der Waals surface area contributed by atoms with Crippen LogP contribution in [0.15, 0.2) is 12.4 Å². The second kappa shape index (κ2) is 7.96. The molecule has 2 rings (SSSR count). The zero-order valence-electron chi connectivity index (χ0n) is 13.1. The van der Waals surface area contributed by atoms with Crippen LogP contribution in [0.4, 0.5) is 5.82 Å². The molecular weight excluding hydrogens is 264 g/mol. The molecule has 1 atom stereocenters. The van der Waals surface area contributed by atoms with Gasteiger partial charge in [-0.05, 0) is 32.1 Å². The average Bonchev–Trinajstić information content (AvgIpc) is 2.53. The van der Waals surface area contributed by atoms with Crippen molar-refractivity contribution in [1.82, 2.24) is 14.9 Å². The Balaban J connectivity index is 2.03. The van der Waals surface area contributed by atoms with Gasteiger partial charge in [-0.25, -0.2) is 9.97 Å².